The lowest BCUT2D eigenvalue weighted by Gasteiger charge is -2.32. The number of thiazole rings is 1. The number of ether oxygens (including phenoxy) is 1. The number of nitrogens with one attached hydrogen (secondary N) is 1. The van der Waals surface area contributed by atoms with E-state index in [4.69, 9.17) is 4.74 Å². The van der Waals surface area contributed by atoms with Crippen molar-refractivity contribution in [1.29, 1.82) is 0 Å². The first kappa shape index (κ1) is 16.4. The molecule has 0 aliphatic carbocycles. The molecule has 1 amide bonds. The first-order valence-electron chi connectivity index (χ1n) is 7.20. The topological polar surface area (TPSA) is 57.7 Å². The minimum Gasteiger partial charge on any atom is -0.374 e. The van der Waals surface area contributed by atoms with Crippen molar-refractivity contribution in [1.82, 2.24) is 20.1 Å². The third-order valence-electron chi connectivity index (χ3n) is 3.44. The summed E-state index contributed by atoms with van der Waals surface area (Å²) in [6.07, 6.45) is 0.639. The van der Waals surface area contributed by atoms with Crippen molar-refractivity contribution < 1.29 is 9.53 Å². The molecule has 1 aliphatic heterocycles. The molecule has 21 heavy (non-hydrogen) atoms. The summed E-state index contributed by atoms with van der Waals surface area (Å²) in [5.74, 6) is 0.0938. The molecule has 1 aromatic rings. The Bertz CT molecular complexity index is 462. The molecule has 1 aromatic heterocycles. The summed E-state index contributed by atoms with van der Waals surface area (Å²) < 4.78 is 5.70. The number of morpholine rings is 1. The van der Waals surface area contributed by atoms with Gasteiger partial charge >= 0.3 is 0 Å². The van der Waals surface area contributed by atoms with E-state index in [1.807, 2.05) is 7.05 Å². The average molecular weight is 312 g/mol. The fourth-order valence-electron chi connectivity index (χ4n) is 2.29. The van der Waals surface area contributed by atoms with Gasteiger partial charge in [0.2, 0.25) is 5.91 Å². The van der Waals surface area contributed by atoms with Crippen LogP contribution in [0.1, 0.15) is 10.7 Å². The predicted molar refractivity (Wildman–Crippen MR) is 83.5 cm³/mol. The second kappa shape index (κ2) is 7.84. The second-order valence-corrected chi connectivity index (χ2v) is 6.43. The van der Waals surface area contributed by atoms with Crippen LogP contribution in [0.3, 0.4) is 0 Å². The van der Waals surface area contributed by atoms with Crippen molar-refractivity contribution in [2.24, 2.45) is 0 Å². The van der Waals surface area contributed by atoms with Crippen LogP contribution in [0.15, 0.2) is 5.38 Å². The number of hydrogen-bond acceptors (Lipinski definition) is 6. The molecule has 1 unspecified atom stereocenters. The van der Waals surface area contributed by atoms with Crippen LogP contribution in [-0.2, 0) is 22.5 Å². The van der Waals surface area contributed by atoms with Gasteiger partial charge in [-0.3, -0.25) is 9.69 Å². The van der Waals surface area contributed by atoms with Crippen molar-refractivity contribution in [2.45, 2.75) is 19.1 Å². The van der Waals surface area contributed by atoms with E-state index in [1.165, 1.54) is 0 Å². The van der Waals surface area contributed by atoms with Gasteiger partial charge in [-0.2, -0.15) is 0 Å². The second-order valence-electron chi connectivity index (χ2n) is 5.48. The number of carbonyl (C=O) groups is 1. The zero-order chi connectivity index (χ0) is 15.2. The largest absolute Gasteiger partial charge is 0.374 e. The van der Waals surface area contributed by atoms with Gasteiger partial charge in [0.05, 0.1) is 24.8 Å². The minimum absolute atomic E-state index is 0.0938. The number of likely N-dealkylation sites (N-methyl/N-ethyl adjacent to an activating group) is 2. The molecule has 2 rings (SSSR count). The van der Waals surface area contributed by atoms with Gasteiger partial charge in [0.1, 0.15) is 5.01 Å². The number of amides is 1. The first-order chi connectivity index (χ1) is 10.1. The maximum Gasteiger partial charge on any atom is 0.228 e. The van der Waals surface area contributed by atoms with Crippen LogP contribution in [-0.4, -0.2) is 74.2 Å². The van der Waals surface area contributed by atoms with Gasteiger partial charge in [-0.1, -0.05) is 0 Å². The quantitative estimate of drug-likeness (QED) is 0.813. The van der Waals surface area contributed by atoms with Gasteiger partial charge < -0.3 is 15.0 Å². The SMILES string of the molecule is CNCC1CN(Cc2csc(CC(=O)N(C)C)n2)CCO1. The number of rotatable bonds is 6. The molecule has 1 atom stereocenters. The van der Waals surface area contributed by atoms with Gasteiger partial charge in [0, 0.05) is 45.7 Å². The molecule has 1 fully saturated rings. The van der Waals surface area contributed by atoms with E-state index in [2.05, 4.69) is 20.6 Å². The molecule has 6 nitrogen and oxygen atoms in total. The fourth-order valence-corrected chi connectivity index (χ4v) is 3.07. The molecule has 0 radical (unpaired) electrons. The van der Waals surface area contributed by atoms with E-state index < -0.39 is 0 Å². The number of carbonyl (C=O) groups excluding carboxylic acids is 1. The van der Waals surface area contributed by atoms with E-state index >= 15 is 0 Å². The Kier molecular flexibility index (Phi) is 6.10. The fraction of sp³-hybridized carbons (Fsp3) is 0.714. The van der Waals surface area contributed by atoms with Crippen molar-refractivity contribution in [2.75, 3.05) is 47.4 Å². The Labute approximate surface area is 130 Å². The third-order valence-corrected chi connectivity index (χ3v) is 4.34. The maximum absolute atomic E-state index is 11.7. The van der Waals surface area contributed by atoms with Gasteiger partial charge in [0.15, 0.2) is 0 Å². The molecule has 0 bridgehead atoms. The third kappa shape index (κ3) is 5.03. The Hall–Kier alpha value is -1.02. The molecule has 0 spiro atoms. The van der Waals surface area contributed by atoms with Crippen LogP contribution in [0, 0.1) is 0 Å². The molecular weight excluding hydrogens is 288 g/mol. The van der Waals surface area contributed by atoms with E-state index in [1.54, 1.807) is 30.3 Å². The van der Waals surface area contributed by atoms with Crippen LogP contribution in [0.2, 0.25) is 0 Å². The van der Waals surface area contributed by atoms with Gasteiger partial charge in [-0.05, 0) is 7.05 Å². The van der Waals surface area contributed by atoms with Crippen molar-refractivity contribution >= 4 is 17.2 Å². The predicted octanol–water partition coefficient (Wildman–Crippen LogP) is 0.194. The van der Waals surface area contributed by atoms with Crippen LogP contribution in [0.4, 0.5) is 0 Å². The Morgan fingerprint density at radius 1 is 1.62 bits per heavy atom. The monoisotopic (exact) mass is 312 g/mol. The molecule has 1 aliphatic rings. The lowest BCUT2D eigenvalue weighted by Crippen LogP contribution is -2.45. The Balaban J connectivity index is 1.85. The highest BCUT2D eigenvalue weighted by atomic mass is 32.1. The highest BCUT2D eigenvalue weighted by molar-refractivity contribution is 7.09. The van der Waals surface area contributed by atoms with Gasteiger partial charge in [-0.25, -0.2) is 4.98 Å². The molecule has 2 heterocycles. The van der Waals surface area contributed by atoms with E-state index in [0.29, 0.717) is 6.42 Å². The zero-order valence-corrected chi connectivity index (χ0v) is 13.8. The van der Waals surface area contributed by atoms with Crippen molar-refractivity contribution in [3.05, 3.63) is 16.1 Å². The van der Waals surface area contributed by atoms with E-state index in [9.17, 15) is 4.79 Å². The molecule has 1 saturated heterocycles. The molecule has 0 saturated carbocycles. The number of aromatic nitrogens is 1. The van der Waals surface area contributed by atoms with E-state index in [0.717, 1.165) is 43.5 Å². The van der Waals surface area contributed by atoms with Crippen LogP contribution >= 0.6 is 11.3 Å². The summed E-state index contributed by atoms with van der Waals surface area (Å²) in [5, 5.41) is 6.10. The Morgan fingerprint density at radius 2 is 2.43 bits per heavy atom. The lowest BCUT2D eigenvalue weighted by atomic mass is 10.2. The normalized spacial score (nSPS) is 19.7. The standard InChI is InChI=1S/C14H24N4O2S/c1-15-7-12-9-18(4-5-20-12)8-11-10-21-13(16-11)6-14(19)17(2)3/h10,12,15H,4-9H2,1-3H3. The number of nitrogens with zero attached hydrogens (tertiary/aromatic N) is 3. The molecule has 1 N–H and O–H groups in total. The number of hydrogen-bond donors (Lipinski definition) is 1. The first-order valence-corrected chi connectivity index (χ1v) is 8.08. The zero-order valence-electron chi connectivity index (χ0n) is 13.0. The highest BCUT2D eigenvalue weighted by Crippen LogP contribution is 2.15. The van der Waals surface area contributed by atoms with Crippen LogP contribution in [0.25, 0.3) is 0 Å². The average Bonchev–Trinajstić information content (AvgIpc) is 2.86. The smallest absolute Gasteiger partial charge is 0.228 e. The van der Waals surface area contributed by atoms with Crippen molar-refractivity contribution in [3.63, 3.8) is 0 Å². The summed E-state index contributed by atoms with van der Waals surface area (Å²) in [6, 6.07) is 0. The highest BCUT2D eigenvalue weighted by Gasteiger charge is 2.20. The van der Waals surface area contributed by atoms with Gasteiger partial charge in [0.25, 0.3) is 0 Å². The maximum atomic E-state index is 11.7. The summed E-state index contributed by atoms with van der Waals surface area (Å²) >= 11 is 1.57. The minimum atomic E-state index is 0.0938. The van der Waals surface area contributed by atoms with Gasteiger partial charge in [-0.15, -0.1) is 11.3 Å². The summed E-state index contributed by atoms with van der Waals surface area (Å²) in [7, 11) is 5.48. The van der Waals surface area contributed by atoms with Crippen LogP contribution < -0.4 is 5.32 Å². The molecule has 7 heteroatoms. The molecule has 0 aromatic carbocycles. The summed E-state index contributed by atoms with van der Waals surface area (Å²) in [4.78, 5) is 20.2. The Morgan fingerprint density at radius 3 is 3.14 bits per heavy atom. The summed E-state index contributed by atoms with van der Waals surface area (Å²) in [5.41, 5.74) is 1.05. The van der Waals surface area contributed by atoms with Crippen LogP contribution in [0.5, 0.6) is 0 Å². The molecule has 118 valence electrons. The molecular formula is C14H24N4O2S. The lowest BCUT2D eigenvalue weighted by molar-refractivity contribution is -0.127. The van der Waals surface area contributed by atoms with Crippen molar-refractivity contribution in [3.8, 4) is 0 Å². The van der Waals surface area contributed by atoms with E-state index in [-0.39, 0.29) is 12.0 Å². The summed E-state index contributed by atoms with van der Waals surface area (Å²) in [6.45, 7) is 4.32.